The van der Waals surface area contributed by atoms with E-state index in [1.165, 1.54) is 62.6 Å². The topological polar surface area (TPSA) is 83.8 Å². The number of halogens is 1. The van der Waals surface area contributed by atoms with Gasteiger partial charge in [-0.15, -0.1) is 0 Å². The molecule has 9 heteroatoms. The molecule has 4 aromatic heterocycles. The van der Waals surface area contributed by atoms with E-state index in [1.807, 2.05) is 39.4 Å². The first-order valence-corrected chi connectivity index (χ1v) is 11.9. The van der Waals surface area contributed by atoms with Crippen LogP contribution in [0.25, 0.3) is 16.6 Å². The van der Waals surface area contributed by atoms with Crippen LogP contribution in [0.3, 0.4) is 0 Å². The molecule has 0 amide bonds. The van der Waals surface area contributed by atoms with Gasteiger partial charge in [-0.05, 0) is 44.1 Å². The Kier molecular flexibility index (Phi) is 8.98. The summed E-state index contributed by atoms with van der Waals surface area (Å²) in [5, 5.41) is 21.3. The average molecular weight is 466 g/mol. The summed E-state index contributed by atoms with van der Waals surface area (Å²) < 4.78 is 17.4. The third kappa shape index (κ3) is 6.18. The van der Waals surface area contributed by atoms with Gasteiger partial charge < -0.3 is 5.32 Å². The van der Waals surface area contributed by atoms with Crippen molar-refractivity contribution < 1.29 is 4.39 Å². The number of nitriles is 1. The summed E-state index contributed by atoms with van der Waals surface area (Å²) in [5.74, 6) is -0.407. The minimum absolute atomic E-state index is 0.248. The third-order valence-electron chi connectivity index (χ3n) is 4.87. The van der Waals surface area contributed by atoms with Crippen LogP contribution in [0, 0.1) is 17.1 Å². The van der Waals surface area contributed by atoms with Gasteiger partial charge >= 0.3 is 0 Å². The molecule has 172 valence electrons. The van der Waals surface area contributed by atoms with Crippen LogP contribution >= 0.6 is 11.8 Å². The molecule has 5 heterocycles. The highest BCUT2D eigenvalue weighted by Crippen LogP contribution is 2.35. The fourth-order valence-corrected chi connectivity index (χ4v) is 4.30. The van der Waals surface area contributed by atoms with Gasteiger partial charge in [0.25, 0.3) is 0 Å². The van der Waals surface area contributed by atoms with Crippen molar-refractivity contribution in [1.82, 2.24) is 29.7 Å². The molecule has 7 nitrogen and oxygen atoms in total. The van der Waals surface area contributed by atoms with Crippen LogP contribution in [0.2, 0.25) is 0 Å². The summed E-state index contributed by atoms with van der Waals surface area (Å²) in [6.45, 7) is 6.50. The second-order valence-corrected chi connectivity index (χ2v) is 8.19. The van der Waals surface area contributed by atoms with Gasteiger partial charge in [0.05, 0.1) is 23.5 Å². The van der Waals surface area contributed by atoms with Crippen LogP contribution in [0.4, 0.5) is 4.39 Å². The number of fused-ring (bicyclic) bond motifs is 1. The Morgan fingerprint density at radius 3 is 2.45 bits per heavy atom. The second-order valence-electron chi connectivity index (χ2n) is 7.16. The molecule has 5 rings (SSSR count). The zero-order chi connectivity index (χ0) is 23.6. The molecule has 1 fully saturated rings. The summed E-state index contributed by atoms with van der Waals surface area (Å²) in [5.41, 5.74) is 2.83. The van der Waals surface area contributed by atoms with E-state index in [-0.39, 0.29) is 5.03 Å². The number of hydrogen-bond donors (Lipinski definition) is 1. The lowest BCUT2D eigenvalue weighted by Crippen LogP contribution is -2.21. The van der Waals surface area contributed by atoms with Crippen molar-refractivity contribution in [2.45, 2.75) is 43.0 Å². The summed E-state index contributed by atoms with van der Waals surface area (Å²) in [4.78, 5) is 4.79. The highest BCUT2D eigenvalue weighted by molar-refractivity contribution is 7.99. The summed E-state index contributed by atoms with van der Waals surface area (Å²) in [6.07, 6.45) is 12.7. The summed E-state index contributed by atoms with van der Waals surface area (Å²) in [6, 6.07) is 6.93. The Balaban J connectivity index is 0.000000329. The van der Waals surface area contributed by atoms with E-state index < -0.39 is 5.82 Å². The van der Waals surface area contributed by atoms with Gasteiger partial charge in [0, 0.05) is 41.7 Å². The van der Waals surface area contributed by atoms with E-state index in [0.29, 0.717) is 16.0 Å². The van der Waals surface area contributed by atoms with Crippen molar-refractivity contribution in [1.29, 1.82) is 5.26 Å². The highest BCUT2D eigenvalue weighted by Gasteiger charge is 2.15. The van der Waals surface area contributed by atoms with Gasteiger partial charge in [-0.1, -0.05) is 32.0 Å². The van der Waals surface area contributed by atoms with E-state index in [9.17, 15) is 9.65 Å². The first-order valence-electron chi connectivity index (χ1n) is 11.1. The fourth-order valence-electron chi connectivity index (χ4n) is 3.32. The first kappa shape index (κ1) is 24.4. The van der Waals surface area contributed by atoms with Gasteiger partial charge in [0.15, 0.2) is 5.82 Å². The first-order chi connectivity index (χ1) is 16.2. The van der Waals surface area contributed by atoms with Gasteiger partial charge in [0.1, 0.15) is 11.1 Å². The lowest BCUT2D eigenvalue weighted by atomic mass is 10.1. The van der Waals surface area contributed by atoms with Crippen LogP contribution in [0.15, 0.2) is 59.1 Å². The monoisotopic (exact) mass is 465 g/mol. The predicted octanol–water partition coefficient (Wildman–Crippen LogP) is 5.08. The van der Waals surface area contributed by atoms with Crippen LogP contribution in [0.5, 0.6) is 0 Å². The van der Waals surface area contributed by atoms with Gasteiger partial charge in [-0.3, -0.25) is 4.68 Å². The Morgan fingerprint density at radius 1 is 1.09 bits per heavy atom. The quantitative estimate of drug-likeness (QED) is 0.454. The van der Waals surface area contributed by atoms with Crippen LogP contribution in [0.1, 0.15) is 38.7 Å². The Bertz CT molecular complexity index is 1210. The molecule has 1 aliphatic rings. The molecule has 0 bridgehead atoms. The number of piperidine rings is 1. The summed E-state index contributed by atoms with van der Waals surface area (Å²) in [7, 11) is 1.84. The molecule has 0 aliphatic carbocycles. The number of hydrogen-bond acceptors (Lipinski definition) is 6. The molecule has 0 unspecified atom stereocenters. The Hall–Kier alpha value is -3.22. The van der Waals surface area contributed by atoms with E-state index >= 15 is 0 Å². The maximum Gasteiger partial charge on any atom is 0.155 e. The largest absolute Gasteiger partial charge is 0.317 e. The molecular weight excluding hydrogens is 437 g/mol. The molecule has 33 heavy (non-hydrogen) atoms. The molecule has 0 atom stereocenters. The van der Waals surface area contributed by atoms with Crippen molar-refractivity contribution in [2.24, 2.45) is 7.05 Å². The van der Waals surface area contributed by atoms with Crippen LogP contribution in [-0.4, -0.2) is 37.5 Å². The molecule has 0 radical (unpaired) electrons. The van der Waals surface area contributed by atoms with Crippen molar-refractivity contribution in [3.8, 4) is 17.2 Å². The smallest absolute Gasteiger partial charge is 0.155 e. The normalized spacial score (nSPS) is 12.8. The minimum Gasteiger partial charge on any atom is -0.317 e. The number of aryl methyl sites for hydroxylation is 1. The molecular formula is C24H28FN7S. The molecule has 0 saturated carbocycles. The van der Waals surface area contributed by atoms with Crippen molar-refractivity contribution in [2.75, 3.05) is 13.1 Å². The second kappa shape index (κ2) is 12.1. The van der Waals surface area contributed by atoms with Crippen LogP contribution < -0.4 is 5.32 Å². The lowest BCUT2D eigenvalue weighted by Gasteiger charge is -2.08. The maximum atomic E-state index is 14.0. The van der Waals surface area contributed by atoms with Crippen LogP contribution in [-0.2, 0) is 7.05 Å². The van der Waals surface area contributed by atoms with Crippen molar-refractivity contribution >= 4 is 17.3 Å². The van der Waals surface area contributed by atoms with Gasteiger partial charge in [0.2, 0.25) is 0 Å². The van der Waals surface area contributed by atoms with E-state index in [1.54, 1.807) is 21.5 Å². The van der Waals surface area contributed by atoms with E-state index in [0.717, 1.165) is 11.1 Å². The molecule has 1 saturated heterocycles. The van der Waals surface area contributed by atoms with Gasteiger partial charge in [-0.25, -0.2) is 13.9 Å². The van der Waals surface area contributed by atoms with Crippen molar-refractivity contribution in [3.05, 3.63) is 60.6 Å². The predicted molar refractivity (Wildman–Crippen MR) is 128 cm³/mol. The zero-order valence-electron chi connectivity index (χ0n) is 19.1. The molecule has 0 aromatic carbocycles. The number of aromatic nitrogens is 5. The molecule has 4 aromatic rings. The van der Waals surface area contributed by atoms with E-state index in [2.05, 4.69) is 26.6 Å². The molecule has 1 N–H and O–H groups in total. The zero-order valence-corrected chi connectivity index (χ0v) is 19.9. The number of nitrogens with zero attached hydrogens (tertiary/aromatic N) is 6. The number of nitrogens with one attached hydrogen (secondary N) is 1. The lowest BCUT2D eigenvalue weighted by molar-refractivity contribution is 0.520. The number of rotatable bonds is 3. The Morgan fingerprint density at radius 2 is 1.88 bits per heavy atom. The van der Waals surface area contributed by atoms with Crippen molar-refractivity contribution in [3.63, 3.8) is 0 Å². The maximum absolute atomic E-state index is 14.0. The standard InChI is InChI=1S/C17H11FN6S.C5H11N.C2H6/c1-23-9-13(8-21-23)11-5-15(25-17-14(18)3-2-4-20-17)16-12(6-19)7-22-24(16)10-11;1-2-4-6-5-3-1;1-2/h2-5,7-10H,1H3;6H,1-5H2;1-2H3. The van der Waals surface area contributed by atoms with E-state index in [4.69, 9.17) is 0 Å². The fraction of sp³-hybridized carbons (Fsp3) is 0.333. The third-order valence-corrected chi connectivity index (χ3v) is 5.90. The molecule has 0 spiro atoms. The highest BCUT2D eigenvalue weighted by atomic mass is 32.2. The summed E-state index contributed by atoms with van der Waals surface area (Å²) >= 11 is 1.17. The average Bonchev–Trinajstić information content (AvgIpc) is 3.49. The van der Waals surface area contributed by atoms with Gasteiger partial charge in [-0.2, -0.15) is 15.5 Å². The molecule has 1 aliphatic heterocycles. The number of pyridine rings is 2. The minimum atomic E-state index is -0.407. The Labute approximate surface area is 197 Å². The SMILES string of the molecule is C1CCNCC1.CC.Cn1cc(-c2cc(Sc3ncccc3F)c3c(C#N)cnn3c2)cn1.